The molecule has 0 aliphatic heterocycles. The molecule has 0 aromatic heterocycles. The Hall–Kier alpha value is -2.32. The van der Waals surface area contributed by atoms with Crippen LogP contribution in [0.4, 0.5) is 4.79 Å². The molecule has 1 fully saturated rings. The Morgan fingerprint density at radius 1 is 1.00 bits per heavy atom. The number of amides is 3. The molecule has 0 saturated heterocycles. The van der Waals surface area contributed by atoms with E-state index in [0.717, 1.165) is 19.3 Å². The predicted molar refractivity (Wildman–Crippen MR) is 130 cm³/mol. The number of carbonyl (C=O) groups excluding carboxylic acids is 3. The maximum Gasteiger partial charge on any atom is 0.408 e. The number of carbonyl (C=O) groups is 4. The molecular weight excluding hydrogens is 438 g/mol. The molecule has 1 aliphatic rings. The summed E-state index contributed by atoms with van der Waals surface area (Å²) in [5.41, 5.74) is -0.648. The second-order valence-electron chi connectivity index (χ2n) is 11.0. The van der Waals surface area contributed by atoms with Gasteiger partial charge in [0.15, 0.2) is 0 Å². The summed E-state index contributed by atoms with van der Waals surface area (Å²) in [7, 11) is 0. The van der Waals surface area contributed by atoms with Crippen LogP contribution in [-0.2, 0) is 19.1 Å². The van der Waals surface area contributed by atoms with E-state index in [1.807, 2.05) is 27.7 Å². The van der Waals surface area contributed by atoms with Crippen molar-refractivity contribution in [1.29, 1.82) is 0 Å². The smallest absolute Gasteiger partial charge is 0.408 e. The van der Waals surface area contributed by atoms with Crippen molar-refractivity contribution in [3.05, 3.63) is 0 Å². The Labute approximate surface area is 204 Å². The lowest BCUT2D eigenvalue weighted by Gasteiger charge is -2.30. The molecule has 9 heteroatoms. The van der Waals surface area contributed by atoms with Crippen molar-refractivity contribution in [1.82, 2.24) is 16.0 Å². The third-order valence-electron chi connectivity index (χ3n) is 6.27. The zero-order chi connectivity index (χ0) is 26.1. The van der Waals surface area contributed by atoms with Crippen LogP contribution in [0.25, 0.3) is 0 Å². The van der Waals surface area contributed by atoms with Crippen LogP contribution >= 0.6 is 0 Å². The minimum Gasteiger partial charge on any atom is -0.480 e. The molecule has 0 aromatic rings. The fourth-order valence-corrected chi connectivity index (χ4v) is 4.10. The average molecular weight is 484 g/mol. The number of rotatable bonds is 11. The monoisotopic (exact) mass is 483 g/mol. The largest absolute Gasteiger partial charge is 0.480 e. The van der Waals surface area contributed by atoms with Crippen molar-refractivity contribution in [3.63, 3.8) is 0 Å². The van der Waals surface area contributed by atoms with Crippen LogP contribution < -0.4 is 16.0 Å². The highest BCUT2D eigenvalue weighted by Crippen LogP contribution is 2.29. The lowest BCUT2D eigenvalue weighted by atomic mass is 9.81. The number of hydrogen-bond acceptors (Lipinski definition) is 5. The topological polar surface area (TPSA) is 134 Å². The minimum absolute atomic E-state index is 0.0556. The molecule has 1 saturated carbocycles. The maximum absolute atomic E-state index is 12.8. The summed E-state index contributed by atoms with van der Waals surface area (Å²) in [4.78, 5) is 49.0. The van der Waals surface area contributed by atoms with Gasteiger partial charge in [0.25, 0.3) is 0 Å². The van der Waals surface area contributed by atoms with E-state index in [1.54, 1.807) is 20.8 Å². The van der Waals surface area contributed by atoms with Crippen molar-refractivity contribution < 1.29 is 29.0 Å². The minimum atomic E-state index is -1.01. The molecule has 0 heterocycles. The normalized spacial score (nSPS) is 21.2. The standard InChI is InChI=1S/C25H45N3O6/c1-8-16(4)20(28-24(33)34-25(5,6)7)22(30)26-14-17-9-11-18(12-10-17)21(29)27-19(23(31)32)13-15(2)3/h15-20H,8-14H2,1-7H3,(H,26,30)(H,27,29)(H,28,33)(H,31,32)/t16?,17?,18?,19-,20-/m0/s1. The van der Waals surface area contributed by atoms with Gasteiger partial charge < -0.3 is 25.8 Å². The molecule has 196 valence electrons. The summed E-state index contributed by atoms with van der Waals surface area (Å²) in [6.45, 7) is 13.5. The summed E-state index contributed by atoms with van der Waals surface area (Å²) in [6, 6.07) is -1.55. The number of nitrogens with one attached hydrogen (secondary N) is 3. The number of aliphatic carboxylic acids is 1. The zero-order valence-corrected chi connectivity index (χ0v) is 21.9. The Kier molecular flexibility index (Phi) is 11.8. The molecule has 0 aromatic carbocycles. The highest BCUT2D eigenvalue weighted by Gasteiger charge is 2.31. The van der Waals surface area contributed by atoms with Crippen molar-refractivity contribution in [2.24, 2.45) is 23.7 Å². The van der Waals surface area contributed by atoms with Gasteiger partial charge in [0.1, 0.15) is 17.7 Å². The predicted octanol–water partition coefficient (Wildman–Crippen LogP) is 3.46. The Morgan fingerprint density at radius 2 is 1.59 bits per heavy atom. The van der Waals surface area contributed by atoms with Crippen LogP contribution in [-0.4, -0.2) is 53.2 Å². The Balaban J connectivity index is 2.55. The molecule has 9 nitrogen and oxygen atoms in total. The second-order valence-corrected chi connectivity index (χ2v) is 11.0. The van der Waals surface area contributed by atoms with E-state index >= 15 is 0 Å². The number of alkyl carbamates (subject to hydrolysis) is 1. The van der Waals surface area contributed by atoms with Crippen LogP contribution in [0, 0.1) is 23.7 Å². The summed E-state index contributed by atoms with van der Waals surface area (Å²) in [5.74, 6) is -1.30. The molecule has 34 heavy (non-hydrogen) atoms. The van der Waals surface area contributed by atoms with Gasteiger partial charge in [-0.2, -0.15) is 0 Å². The van der Waals surface area contributed by atoms with Gasteiger partial charge in [-0.05, 0) is 70.6 Å². The molecule has 1 rings (SSSR count). The quantitative estimate of drug-likeness (QED) is 0.356. The van der Waals surface area contributed by atoms with E-state index in [2.05, 4.69) is 16.0 Å². The summed E-state index contributed by atoms with van der Waals surface area (Å²) in [6.07, 6.45) is 3.37. The Morgan fingerprint density at radius 3 is 2.06 bits per heavy atom. The lowest BCUT2D eigenvalue weighted by Crippen LogP contribution is -2.52. The van der Waals surface area contributed by atoms with Gasteiger partial charge in [-0.15, -0.1) is 0 Å². The van der Waals surface area contributed by atoms with Crippen LogP contribution in [0.2, 0.25) is 0 Å². The molecule has 1 unspecified atom stereocenters. The fourth-order valence-electron chi connectivity index (χ4n) is 4.10. The van der Waals surface area contributed by atoms with Gasteiger partial charge in [-0.1, -0.05) is 34.1 Å². The third-order valence-corrected chi connectivity index (χ3v) is 6.27. The van der Waals surface area contributed by atoms with Crippen molar-refractivity contribution in [3.8, 4) is 0 Å². The van der Waals surface area contributed by atoms with Crippen LogP contribution in [0.5, 0.6) is 0 Å². The average Bonchev–Trinajstić information content (AvgIpc) is 2.73. The van der Waals surface area contributed by atoms with Gasteiger partial charge in [-0.25, -0.2) is 9.59 Å². The molecular formula is C25H45N3O6. The van der Waals surface area contributed by atoms with E-state index in [0.29, 0.717) is 25.8 Å². The van der Waals surface area contributed by atoms with Gasteiger partial charge in [-0.3, -0.25) is 9.59 Å². The van der Waals surface area contributed by atoms with Crippen LogP contribution in [0.15, 0.2) is 0 Å². The first-order valence-electron chi connectivity index (χ1n) is 12.5. The molecule has 1 aliphatic carbocycles. The summed E-state index contributed by atoms with van der Waals surface area (Å²) < 4.78 is 5.30. The molecule has 4 N–H and O–H groups in total. The van der Waals surface area contributed by atoms with Gasteiger partial charge in [0.2, 0.25) is 11.8 Å². The van der Waals surface area contributed by atoms with Crippen molar-refractivity contribution in [2.45, 2.75) is 105 Å². The summed E-state index contributed by atoms with van der Waals surface area (Å²) >= 11 is 0. The van der Waals surface area contributed by atoms with Gasteiger partial charge in [0, 0.05) is 12.5 Å². The van der Waals surface area contributed by atoms with Crippen molar-refractivity contribution in [2.75, 3.05) is 6.54 Å². The molecule has 0 radical (unpaired) electrons. The number of carboxylic acids is 1. The molecule has 0 spiro atoms. The van der Waals surface area contributed by atoms with Gasteiger partial charge in [0.05, 0.1) is 0 Å². The Bertz CT molecular complexity index is 695. The first-order valence-corrected chi connectivity index (χ1v) is 12.5. The molecule has 0 bridgehead atoms. The molecule has 3 amide bonds. The SMILES string of the molecule is CCC(C)[C@H](NC(=O)OC(C)(C)C)C(=O)NCC1CCC(C(=O)N[C@@H](CC(C)C)C(=O)O)CC1. The fraction of sp³-hybridized carbons (Fsp3) is 0.840. The van der Waals surface area contributed by atoms with E-state index in [1.165, 1.54) is 0 Å². The van der Waals surface area contributed by atoms with E-state index in [9.17, 15) is 24.3 Å². The van der Waals surface area contributed by atoms with E-state index < -0.39 is 29.7 Å². The van der Waals surface area contributed by atoms with Gasteiger partial charge >= 0.3 is 12.1 Å². The third kappa shape index (κ3) is 10.7. The first-order chi connectivity index (χ1) is 15.7. The first kappa shape index (κ1) is 29.7. The number of hydrogen-bond donors (Lipinski definition) is 4. The zero-order valence-electron chi connectivity index (χ0n) is 21.9. The van der Waals surface area contributed by atoms with Crippen LogP contribution in [0.1, 0.15) is 87.0 Å². The van der Waals surface area contributed by atoms with E-state index in [4.69, 9.17) is 4.74 Å². The van der Waals surface area contributed by atoms with Crippen LogP contribution in [0.3, 0.4) is 0 Å². The number of carboxylic acid groups (broad SMARTS) is 1. The van der Waals surface area contributed by atoms with Crippen molar-refractivity contribution >= 4 is 23.9 Å². The molecule has 3 atom stereocenters. The highest BCUT2D eigenvalue weighted by molar-refractivity contribution is 5.86. The highest BCUT2D eigenvalue weighted by atomic mass is 16.6. The maximum atomic E-state index is 12.8. The number of ether oxygens (including phenoxy) is 1. The second kappa shape index (κ2) is 13.5. The van der Waals surface area contributed by atoms with E-state index in [-0.39, 0.29) is 35.5 Å². The lowest BCUT2D eigenvalue weighted by molar-refractivity contribution is -0.143. The summed E-state index contributed by atoms with van der Waals surface area (Å²) in [5, 5.41) is 17.7.